The van der Waals surface area contributed by atoms with Crippen molar-refractivity contribution in [3.05, 3.63) is 17.2 Å². The van der Waals surface area contributed by atoms with E-state index in [9.17, 15) is 20.1 Å². The number of hydrogen-bond acceptors (Lipinski definition) is 7. The summed E-state index contributed by atoms with van der Waals surface area (Å²) in [7, 11) is 1.45. The number of methoxy groups -OCH3 is 1. The minimum Gasteiger partial charge on any atom is -0.492 e. The van der Waals surface area contributed by atoms with Crippen LogP contribution in [0, 0.1) is 0 Å². The second-order valence-electron chi connectivity index (χ2n) is 6.46. The Morgan fingerprint density at radius 2 is 1.81 bits per heavy atom. The lowest BCUT2D eigenvalue weighted by atomic mass is 9.72. The number of ether oxygens (including phenoxy) is 3. The monoisotopic (exact) mass is 367 g/mol. The zero-order valence-electron chi connectivity index (χ0n) is 15.1. The SMILES string of the molecule is CCOc1cc2c(c(OC)c1OCC)C(=O)N[C@@H]1[C@@H](O)[C@@H](O)[C@H](O)C[C@@H]21. The first-order valence-corrected chi connectivity index (χ1v) is 8.80. The first-order valence-electron chi connectivity index (χ1n) is 8.80. The van der Waals surface area contributed by atoms with Gasteiger partial charge in [0.05, 0.1) is 38.0 Å². The van der Waals surface area contributed by atoms with Crippen molar-refractivity contribution in [2.45, 2.75) is 50.5 Å². The molecule has 2 aliphatic rings. The number of carbonyl (C=O) groups excluding carboxylic acids is 1. The molecule has 0 saturated heterocycles. The van der Waals surface area contributed by atoms with Crippen molar-refractivity contribution in [3.63, 3.8) is 0 Å². The van der Waals surface area contributed by atoms with Gasteiger partial charge in [-0.3, -0.25) is 4.79 Å². The highest BCUT2D eigenvalue weighted by Crippen LogP contribution is 2.48. The number of fused-ring (bicyclic) bond motifs is 3. The quantitative estimate of drug-likeness (QED) is 0.586. The fourth-order valence-electron chi connectivity index (χ4n) is 3.85. The number of rotatable bonds is 5. The Labute approximate surface area is 151 Å². The van der Waals surface area contributed by atoms with Crippen LogP contribution in [0.2, 0.25) is 0 Å². The van der Waals surface area contributed by atoms with E-state index in [4.69, 9.17) is 14.2 Å². The molecule has 0 unspecified atom stereocenters. The van der Waals surface area contributed by atoms with Crippen LogP contribution < -0.4 is 19.5 Å². The van der Waals surface area contributed by atoms with Crippen molar-refractivity contribution >= 4 is 5.91 Å². The fraction of sp³-hybridized carbons (Fsp3) is 0.611. The largest absolute Gasteiger partial charge is 0.492 e. The van der Waals surface area contributed by atoms with Gasteiger partial charge in [0.25, 0.3) is 5.91 Å². The van der Waals surface area contributed by atoms with E-state index in [-0.39, 0.29) is 18.1 Å². The van der Waals surface area contributed by atoms with E-state index in [0.717, 1.165) is 0 Å². The van der Waals surface area contributed by atoms with Crippen LogP contribution in [0.5, 0.6) is 17.2 Å². The molecule has 8 heteroatoms. The normalized spacial score (nSPS) is 30.1. The lowest BCUT2D eigenvalue weighted by Crippen LogP contribution is -2.61. The zero-order valence-corrected chi connectivity index (χ0v) is 15.1. The zero-order chi connectivity index (χ0) is 19.0. The number of benzene rings is 1. The highest BCUT2D eigenvalue weighted by atomic mass is 16.5. The summed E-state index contributed by atoms with van der Waals surface area (Å²) < 4.78 is 16.8. The van der Waals surface area contributed by atoms with E-state index in [1.165, 1.54) is 7.11 Å². The first-order chi connectivity index (χ1) is 12.4. The summed E-state index contributed by atoms with van der Waals surface area (Å²) >= 11 is 0. The van der Waals surface area contributed by atoms with Crippen LogP contribution in [0.4, 0.5) is 0 Å². The average Bonchev–Trinajstić information content (AvgIpc) is 2.62. The van der Waals surface area contributed by atoms with Crippen molar-refractivity contribution in [3.8, 4) is 17.2 Å². The maximum absolute atomic E-state index is 12.7. The molecule has 1 saturated carbocycles. The number of amides is 1. The van der Waals surface area contributed by atoms with Crippen molar-refractivity contribution in [2.24, 2.45) is 0 Å². The van der Waals surface area contributed by atoms with Gasteiger partial charge in [0.1, 0.15) is 12.2 Å². The molecule has 144 valence electrons. The van der Waals surface area contributed by atoms with Gasteiger partial charge in [-0.25, -0.2) is 0 Å². The molecule has 1 aliphatic carbocycles. The molecular formula is C18H25NO7. The lowest BCUT2D eigenvalue weighted by molar-refractivity contribution is -0.104. The second kappa shape index (κ2) is 7.30. The van der Waals surface area contributed by atoms with Crippen LogP contribution in [-0.2, 0) is 0 Å². The van der Waals surface area contributed by atoms with E-state index in [0.29, 0.717) is 35.8 Å². The molecule has 0 aromatic heterocycles. The minimum absolute atomic E-state index is 0.193. The predicted octanol–water partition coefficient (Wildman–Crippen LogP) is 0.175. The topological polar surface area (TPSA) is 117 Å². The molecule has 26 heavy (non-hydrogen) atoms. The van der Waals surface area contributed by atoms with Gasteiger partial charge in [-0.05, 0) is 31.9 Å². The first kappa shape index (κ1) is 18.8. The van der Waals surface area contributed by atoms with Crippen LogP contribution in [0.15, 0.2) is 6.07 Å². The fourth-order valence-corrected chi connectivity index (χ4v) is 3.85. The van der Waals surface area contributed by atoms with Crippen molar-refractivity contribution in [1.29, 1.82) is 0 Å². The molecule has 0 spiro atoms. The molecule has 1 aliphatic heterocycles. The van der Waals surface area contributed by atoms with Crippen molar-refractivity contribution in [1.82, 2.24) is 5.32 Å². The summed E-state index contributed by atoms with van der Waals surface area (Å²) in [6.07, 6.45) is -3.48. The highest BCUT2D eigenvalue weighted by Gasteiger charge is 2.48. The maximum Gasteiger partial charge on any atom is 0.255 e. The molecule has 4 N–H and O–H groups in total. The maximum atomic E-state index is 12.7. The van der Waals surface area contributed by atoms with E-state index < -0.39 is 30.3 Å². The van der Waals surface area contributed by atoms with Gasteiger partial charge in [0.2, 0.25) is 5.75 Å². The van der Waals surface area contributed by atoms with Crippen LogP contribution in [0.3, 0.4) is 0 Å². The average molecular weight is 367 g/mol. The van der Waals surface area contributed by atoms with Crippen LogP contribution in [0.1, 0.15) is 42.1 Å². The Kier molecular flexibility index (Phi) is 5.27. The van der Waals surface area contributed by atoms with Gasteiger partial charge in [0, 0.05) is 5.92 Å². The Hall–Kier alpha value is -2.03. The molecule has 5 atom stereocenters. The molecule has 3 rings (SSSR count). The summed E-state index contributed by atoms with van der Waals surface area (Å²) in [5.74, 6) is 0.234. The van der Waals surface area contributed by atoms with Gasteiger partial charge < -0.3 is 34.8 Å². The van der Waals surface area contributed by atoms with Crippen molar-refractivity contribution in [2.75, 3.05) is 20.3 Å². The minimum atomic E-state index is -1.31. The van der Waals surface area contributed by atoms with E-state index in [2.05, 4.69) is 5.32 Å². The number of hydrogen-bond donors (Lipinski definition) is 4. The van der Waals surface area contributed by atoms with Gasteiger partial charge in [-0.1, -0.05) is 0 Å². The summed E-state index contributed by atoms with van der Waals surface area (Å²) in [6, 6.07) is 1.01. The molecule has 1 aromatic carbocycles. The molecule has 1 fully saturated rings. The van der Waals surface area contributed by atoms with Crippen LogP contribution >= 0.6 is 0 Å². The number of carbonyl (C=O) groups is 1. The van der Waals surface area contributed by atoms with E-state index in [1.54, 1.807) is 6.07 Å². The lowest BCUT2D eigenvalue weighted by Gasteiger charge is -2.44. The second-order valence-corrected chi connectivity index (χ2v) is 6.46. The molecule has 1 heterocycles. The van der Waals surface area contributed by atoms with Gasteiger partial charge >= 0.3 is 0 Å². The van der Waals surface area contributed by atoms with Gasteiger partial charge in [0.15, 0.2) is 11.5 Å². The van der Waals surface area contributed by atoms with E-state index >= 15 is 0 Å². The molecule has 1 amide bonds. The number of nitrogens with one attached hydrogen (secondary N) is 1. The number of aliphatic hydroxyl groups excluding tert-OH is 3. The Balaban J connectivity index is 2.18. The standard InChI is InChI=1S/C18H25NO7/c1-4-25-11-7-8-9-6-10(20)14(21)15(22)13(9)19-18(23)12(8)17(24-3)16(11)26-5-2/h7,9-10,13-15,20-22H,4-6H2,1-3H3,(H,19,23)/t9-,10+,13-,14-,15+/m0/s1. The van der Waals surface area contributed by atoms with Gasteiger partial charge in [-0.2, -0.15) is 0 Å². The Bertz CT molecular complexity index is 693. The van der Waals surface area contributed by atoms with Crippen molar-refractivity contribution < 1.29 is 34.3 Å². The van der Waals surface area contributed by atoms with E-state index in [1.807, 2.05) is 13.8 Å². The van der Waals surface area contributed by atoms with Gasteiger partial charge in [-0.15, -0.1) is 0 Å². The van der Waals surface area contributed by atoms with Crippen LogP contribution in [0.25, 0.3) is 0 Å². The predicted molar refractivity (Wildman–Crippen MR) is 92.0 cm³/mol. The summed E-state index contributed by atoms with van der Waals surface area (Å²) in [5, 5.41) is 33.1. The molecule has 1 aromatic rings. The molecule has 0 bridgehead atoms. The third kappa shape index (κ3) is 2.87. The summed E-state index contributed by atoms with van der Waals surface area (Å²) in [6.45, 7) is 4.42. The molecule has 8 nitrogen and oxygen atoms in total. The smallest absolute Gasteiger partial charge is 0.255 e. The number of aliphatic hydroxyl groups is 3. The third-order valence-electron chi connectivity index (χ3n) is 4.99. The Morgan fingerprint density at radius 1 is 1.12 bits per heavy atom. The van der Waals surface area contributed by atoms with Crippen LogP contribution in [-0.4, -0.2) is 65.9 Å². The highest BCUT2D eigenvalue weighted by molar-refractivity contribution is 6.01. The Morgan fingerprint density at radius 3 is 2.42 bits per heavy atom. The summed E-state index contributed by atoms with van der Waals surface area (Å²) in [5.41, 5.74) is 0.906. The summed E-state index contributed by atoms with van der Waals surface area (Å²) in [4.78, 5) is 12.7. The third-order valence-corrected chi connectivity index (χ3v) is 4.99. The molecule has 0 radical (unpaired) electrons. The molecular weight excluding hydrogens is 342 g/mol.